The van der Waals surface area contributed by atoms with E-state index in [9.17, 15) is 9.59 Å². The van der Waals surface area contributed by atoms with E-state index in [1.807, 2.05) is 6.07 Å². The van der Waals surface area contributed by atoms with E-state index in [0.29, 0.717) is 37.6 Å². The van der Waals surface area contributed by atoms with Crippen molar-refractivity contribution < 1.29 is 28.7 Å². The van der Waals surface area contributed by atoms with Crippen LogP contribution in [0, 0.1) is 0 Å². The van der Waals surface area contributed by atoms with E-state index in [-0.39, 0.29) is 17.9 Å². The summed E-state index contributed by atoms with van der Waals surface area (Å²) in [6.45, 7) is 4.59. The van der Waals surface area contributed by atoms with Gasteiger partial charge in [0, 0.05) is 24.1 Å². The fraction of sp³-hybridized carbons (Fsp3) is 0.391. The summed E-state index contributed by atoms with van der Waals surface area (Å²) >= 11 is 0. The number of likely N-dealkylation sites (tertiary alicyclic amines) is 1. The number of esters is 1. The van der Waals surface area contributed by atoms with Crippen LogP contribution in [0.25, 0.3) is 0 Å². The third kappa shape index (κ3) is 4.57. The SMILES string of the molecule is CCOC(=O)c1ccc(NC(=O)C[NH+]2CCC[C@@H]2c2ccc3c(c2)OCCO3)cc1. The summed E-state index contributed by atoms with van der Waals surface area (Å²) in [5.74, 6) is 1.17. The zero-order valence-corrected chi connectivity index (χ0v) is 17.1. The number of anilines is 1. The lowest BCUT2D eigenvalue weighted by Crippen LogP contribution is -3.11. The highest BCUT2D eigenvalue weighted by Gasteiger charge is 2.32. The van der Waals surface area contributed by atoms with Gasteiger partial charge in [0.25, 0.3) is 5.91 Å². The van der Waals surface area contributed by atoms with Crippen molar-refractivity contribution in [2.24, 2.45) is 0 Å². The second-order valence-corrected chi connectivity index (χ2v) is 7.53. The van der Waals surface area contributed by atoms with E-state index < -0.39 is 0 Å². The van der Waals surface area contributed by atoms with Gasteiger partial charge in [-0.3, -0.25) is 4.79 Å². The molecule has 2 atom stereocenters. The molecule has 1 amide bonds. The molecule has 2 heterocycles. The van der Waals surface area contributed by atoms with Gasteiger partial charge in [-0.25, -0.2) is 4.79 Å². The molecule has 1 unspecified atom stereocenters. The Morgan fingerprint density at radius 3 is 2.63 bits per heavy atom. The summed E-state index contributed by atoms with van der Waals surface area (Å²) in [5, 5.41) is 2.93. The highest BCUT2D eigenvalue weighted by Crippen LogP contribution is 2.33. The van der Waals surface area contributed by atoms with Crippen molar-refractivity contribution in [3.05, 3.63) is 53.6 Å². The van der Waals surface area contributed by atoms with Crippen LogP contribution in [0.1, 0.15) is 41.7 Å². The molecule has 4 rings (SSSR count). The first-order valence-corrected chi connectivity index (χ1v) is 10.4. The Hall–Kier alpha value is -3.06. The van der Waals surface area contributed by atoms with Crippen LogP contribution in [0.2, 0.25) is 0 Å². The molecule has 2 aliphatic heterocycles. The third-order valence-electron chi connectivity index (χ3n) is 5.52. The van der Waals surface area contributed by atoms with Crippen molar-refractivity contribution in [2.45, 2.75) is 25.8 Å². The number of carbonyl (C=O) groups is 2. The molecule has 0 aromatic heterocycles. The smallest absolute Gasteiger partial charge is 0.338 e. The molecule has 2 N–H and O–H groups in total. The monoisotopic (exact) mass is 411 g/mol. The van der Waals surface area contributed by atoms with Gasteiger partial charge < -0.3 is 24.4 Å². The van der Waals surface area contributed by atoms with Gasteiger partial charge in [-0.2, -0.15) is 0 Å². The number of rotatable bonds is 6. The van der Waals surface area contributed by atoms with Crippen molar-refractivity contribution in [1.29, 1.82) is 0 Å². The van der Waals surface area contributed by atoms with E-state index >= 15 is 0 Å². The minimum atomic E-state index is -0.362. The van der Waals surface area contributed by atoms with Crippen LogP contribution in [0.15, 0.2) is 42.5 Å². The highest BCUT2D eigenvalue weighted by molar-refractivity contribution is 5.93. The summed E-state index contributed by atoms with van der Waals surface area (Å²) in [6.07, 6.45) is 2.12. The lowest BCUT2D eigenvalue weighted by atomic mass is 10.0. The summed E-state index contributed by atoms with van der Waals surface area (Å²) in [6, 6.07) is 13.1. The van der Waals surface area contributed by atoms with E-state index in [1.165, 1.54) is 10.5 Å². The van der Waals surface area contributed by atoms with Crippen molar-refractivity contribution in [2.75, 3.05) is 38.2 Å². The molecular weight excluding hydrogens is 384 g/mol. The lowest BCUT2D eigenvalue weighted by molar-refractivity contribution is -0.910. The van der Waals surface area contributed by atoms with Crippen LogP contribution < -0.4 is 19.7 Å². The molecule has 0 radical (unpaired) electrons. The van der Waals surface area contributed by atoms with Crippen molar-refractivity contribution in [3.63, 3.8) is 0 Å². The first kappa shape index (κ1) is 20.2. The standard InChI is InChI=1S/C23H26N2O5/c1-2-28-23(27)16-5-8-18(9-6-16)24-22(26)15-25-11-3-4-19(25)17-7-10-20-21(14-17)30-13-12-29-20/h5-10,14,19H,2-4,11-13,15H2,1H3,(H,24,26)/p+1/t19-/m1/s1. The van der Waals surface area contributed by atoms with Gasteiger partial charge in [0.1, 0.15) is 19.3 Å². The number of benzene rings is 2. The summed E-state index contributed by atoms with van der Waals surface area (Å²) < 4.78 is 16.3. The van der Waals surface area contributed by atoms with Crippen LogP contribution in [0.3, 0.4) is 0 Å². The molecule has 30 heavy (non-hydrogen) atoms. The topological polar surface area (TPSA) is 78.3 Å². The fourth-order valence-corrected chi connectivity index (χ4v) is 4.12. The highest BCUT2D eigenvalue weighted by atomic mass is 16.6. The number of quaternary nitrogens is 1. The number of fused-ring (bicyclic) bond motifs is 1. The van der Waals surface area contributed by atoms with Gasteiger partial charge in [-0.1, -0.05) is 0 Å². The Balaban J connectivity index is 1.37. The van der Waals surface area contributed by atoms with Crippen LogP contribution >= 0.6 is 0 Å². The maximum Gasteiger partial charge on any atom is 0.338 e. The zero-order chi connectivity index (χ0) is 20.9. The number of hydrogen-bond donors (Lipinski definition) is 2. The van der Waals surface area contributed by atoms with E-state index in [1.54, 1.807) is 31.2 Å². The van der Waals surface area contributed by atoms with Gasteiger partial charge in [0.15, 0.2) is 18.0 Å². The second-order valence-electron chi connectivity index (χ2n) is 7.53. The third-order valence-corrected chi connectivity index (χ3v) is 5.52. The predicted octanol–water partition coefficient (Wildman–Crippen LogP) is 1.99. The molecule has 2 aliphatic rings. The first-order chi connectivity index (χ1) is 14.6. The lowest BCUT2D eigenvalue weighted by Gasteiger charge is -2.24. The molecule has 2 aromatic carbocycles. The summed E-state index contributed by atoms with van der Waals surface area (Å²) in [5.41, 5.74) is 2.32. The van der Waals surface area contributed by atoms with Crippen LogP contribution in [0.4, 0.5) is 5.69 Å². The number of carbonyl (C=O) groups excluding carboxylic acids is 2. The van der Waals surface area contributed by atoms with E-state index in [4.69, 9.17) is 14.2 Å². The summed E-state index contributed by atoms with van der Waals surface area (Å²) in [7, 11) is 0. The average molecular weight is 411 g/mol. The fourth-order valence-electron chi connectivity index (χ4n) is 4.12. The van der Waals surface area contributed by atoms with Gasteiger partial charge >= 0.3 is 5.97 Å². The first-order valence-electron chi connectivity index (χ1n) is 10.4. The molecule has 2 aromatic rings. The predicted molar refractivity (Wildman–Crippen MR) is 111 cm³/mol. The largest absolute Gasteiger partial charge is 0.486 e. The van der Waals surface area contributed by atoms with Crippen molar-refractivity contribution >= 4 is 17.6 Å². The van der Waals surface area contributed by atoms with Crippen molar-refractivity contribution in [3.8, 4) is 11.5 Å². The zero-order valence-electron chi connectivity index (χ0n) is 17.1. The Morgan fingerprint density at radius 2 is 1.87 bits per heavy atom. The molecule has 0 bridgehead atoms. The number of ether oxygens (including phenoxy) is 3. The normalized spacial score (nSPS) is 19.9. The van der Waals surface area contributed by atoms with Gasteiger partial charge in [0.2, 0.25) is 0 Å². The maximum atomic E-state index is 12.6. The molecule has 1 fully saturated rings. The minimum absolute atomic E-state index is 0.0432. The molecule has 1 saturated heterocycles. The Kier molecular flexibility index (Phi) is 6.18. The quantitative estimate of drug-likeness (QED) is 0.711. The summed E-state index contributed by atoms with van der Waals surface area (Å²) in [4.78, 5) is 25.6. The Morgan fingerprint density at radius 1 is 1.10 bits per heavy atom. The number of hydrogen-bond acceptors (Lipinski definition) is 5. The Labute approximate surface area is 175 Å². The van der Waals surface area contributed by atoms with E-state index in [2.05, 4.69) is 17.4 Å². The van der Waals surface area contributed by atoms with Gasteiger partial charge in [-0.05, 0) is 49.4 Å². The molecule has 0 saturated carbocycles. The number of nitrogens with one attached hydrogen (secondary N) is 2. The van der Waals surface area contributed by atoms with Gasteiger partial charge in [0.05, 0.1) is 18.7 Å². The molecule has 7 heteroatoms. The second kappa shape index (κ2) is 9.17. The van der Waals surface area contributed by atoms with Crippen LogP contribution in [-0.4, -0.2) is 44.8 Å². The van der Waals surface area contributed by atoms with Crippen LogP contribution in [-0.2, 0) is 9.53 Å². The molecule has 0 spiro atoms. The molecular formula is C23H27N2O5+. The maximum absolute atomic E-state index is 12.6. The average Bonchev–Trinajstić information content (AvgIpc) is 3.22. The van der Waals surface area contributed by atoms with Crippen molar-refractivity contribution in [1.82, 2.24) is 0 Å². The molecule has 0 aliphatic carbocycles. The van der Waals surface area contributed by atoms with Gasteiger partial charge in [-0.15, -0.1) is 0 Å². The molecule has 7 nitrogen and oxygen atoms in total. The van der Waals surface area contributed by atoms with Crippen LogP contribution in [0.5, 0.6) is 11.5 Å². The molecule has 158 valence electrons. The minimum Gasteiger partial charge on any atom is -0.486 e. The Bertz CT molecular complexity index is 912. The van der Waals surface area contributed by atoms with E-state index in [0.717, 1.165) is 30.9 Å². The number of amides is 1.